The van der Waals surface area contributed by atoms with Gasteiger partial charge in [0, 0.05) is 29.7 Å². The molecule has 1 heterocycles. The van der Waals surface area contributed by atoms with Crippen LogP contribution in [0.15, 0.2) is 24.4 Å². The summed E-state index contributed by atoms with van der Waals surface area (Å²) in [6.07, 6.45) is 1.56. The van der Waals surface area contributed by atoms with Gasteiger partial charge in [-0.1, -0.05) is 0 Å². The number of nitrogens with one attached hydrogen (secondary N) is 1. The molecular weight excluding hydrogens is 314 g/mol. The summed E-state index contributed by atoms with van der Waals surface area (Å²) in [5.41, 5.74) is 1.24. The van der Waals surface area contributed by atoms with E-state index in [4.69, 9.17) is 18.9 Å². The predicted molar refractivity (Wildman–Crippen MR) is 87.0 cm³/mol. The summed E-state index contributed by atoms with van der Waals surface area (Å²) in [4.78, 5) is 20.0. The zero-order chi connectivity index (χ0) is 17.5. The first-order valence-corrected chi connectivity index (χ1v) is 7.09. The average molecular weight is 333 g/mol. The maximum absolute atomic E-state index is 12.0. The molecule has 128 valence electrons. The highest BCUT2D eigenvalue weighted by Gasteiger charge is 2.14. The molecule has 24 heavy (non-hydrogen) atoms. The Bertz CT molecular complexity index is 696. The Kier molecular flexibility index (Phi) is 5.78. The van der Waals surface area contributed by atoms with Crippen LogP contribution in [0.1, 0.15) is 5.69 Å². The number of ether oxygens (including phenoxy) is 4. The van der Waals surface area contributed by atoms with E-state index in [-0.39, 0.29) is 18.5 Å². The van der Waals surface area contributed by atoms with Crippen LogP contribution in [0.3, 0.4) is 0 Å². The Morgan fingerprint density at radius 3 is 2.33 bits per heavy atom. The third-order valence-corrected chi connectivity index (χ3v) is 3.05. The zero-order valence-corrected chi connectivity index (χ0v) is 14.0. The van der Waals surface area contributed by atoms with Gasteiger partial charge >= 0.3 is 6.01 Å². The van der Waals surface area contributed by atoms with Gasteiger partial charge in [-0.2, -0.15) is 0 Å². The fourth-order valence-electron chi connectivity index (χ4n) is 1.98. The minimum absolute atomic E-state index is 0.148. The van der Waals surface area contributed by atoms with Crippen LogP contribution in [0.4, 0.5) is 5.69 Å². The topological polar surface area (TPSA) is 91.8 Å². The van der Waals surface area contributed by atoms with E-state index >= 15 is 0 Å². The van der Waals surface area contributed by atoms with Crippen molar-refractivity contribution in [2.75, 3.05) is 33.3 Å². The second-order valence-corrected chi connectivity index (χ2v) is 4.73. The molecule has 0 atom stereocenters. The van der Waals surface area contributed by atoms with Crippen molar-refractivity contribution in [1.82, 2.24) is 9.97 Å². The highest BCUT2D eigenvalue weighted by molar-refractivity contribution is 5.92. The number of methoxy groups -OCH3 is 3. The van der Waals surface area contributed by atoms with Gasteiger partial charge in [-0.05, 0) is 13.0 Å². The summed E-state index contributed by atoms with van der Waals surface area (Å²) in [5, 5.41) is 2.69. The van der Waals surface area contributed by atoms with Crippen molar-refractivity contribution in [3.8, 4) is 23.3 Å². The third-order valence-electron chi connectivity index (χ3n) is 3.05. The van der Waals surface area contributed by atoms with Gasteiger partial charge in [0.1, 0.15) is 0 Å². The quantitative estimate of drug-likeness (QED) is 0.826. The van der Waals surface area contributed by atoms with Crippen LogP contribution in [-0.2, 0) is 4.79 Å². The molecule has 0 spiro atoms. The minimum Gasteiger partial charge on any atom is -0.493 e. The lowest BCUT2D eigenvalue weighted by molar-refractivity contribution is -0.118. The molecule has 0 fully saturated rings. The van der Waals surface area contributed by atoms with Crippen LogP contribution >= 0.6 is 0 Å². The monoisotopic (exact) mass is 333 g/mol. The number of carbonyl (C=O) groups excluding carboxylic acids is 1. The Labute approximate surface area is 139 Å². The van der Waals surface area contributed by atoms with Crippen LogP contribution in [0.25, 0.3) is 0 Å². The van der Waals surface area contributed by atoms with Crippen molar-refractivity contribution < 1.29 is 23.7 Å². The molecule has 0 bridgehead atoms. The first-order chi connectivity index (χ1) is 11.6. The molecule has 0 aliphatic carbocycles. The predicted octanol–water partition coefficient (Wildman–Crippen LogP) is 1.83. The number of aromatic nitrogens is 2. The van der Waals surface area contributed by atoms with E-state index in [0.29, 0.717) is 22.9 Å². The van der Waals surface area contributed by atoms with Crippen molar-refractivity contribution in [1.29, 1.82) is 0 Å². The number of carbonyl (C=O) groups is 1. The summed E-state index contributed by atoms with van der Waals surface area (Å²) in [6.45, 7) is 1.59. The molecular formula is C16H19N3O5. The molecule has 0 saturated heterocycles. The second kappa shape index (κ2) is 8.00. The SMILES string of the molecule is COc1cc(NC(=O)COc2nccc(C)n2)cc(OC)c1OC. The summed E-state index contributed by atoms with van der Waals surface area (Å²) in [6, 6.07) is 5.14. The van der Waals surface area contributed by atoms with Crippen LogP contribution < -0.4 is 24.3 Å². The lowest BCUT2D eigenvalue weighted by atomic mass is 10.2. The molecule has 2 rings (SSSR count). The lowest BCUT2D eigenvalue weighted by Crippen LogP contribution is -2.21. The number of anilines is 1. The Morgan fingerprint density at radius 1 is 1.12 bits per heavy atom. The molecule has 1 N–H and O–H groups in total. The molecule has 0 unspecified atom stereocenters. The van der Waals surface area contributed by atoms with Crippen LogP contribution in [0, 0.1) is 6.92 Å². The molecule has 0 aliphatic heterocycles. The van der Waals surface area contributed by atoms with Crippen LogP contribution in [0.2, 0.25) is 0 Å². The fourth-order valence-corrected chi connectivity index (χ4v) is 1.98. The second-order valence-electron chi connectivity index (χ2n) is 4.73. The molecule has 1 aromatic carbocycles. The largest absolute Gasteiger partial charge is 0.493 e. The maximum Gasteiger partial charge on any atom is 0.317 e. The van der Waals surface area contributed by atoms with Gasteiger partial charge in [-0.15, -0.1) is 0 Å². The Balaban J connectivity index is 2.05. The van der Waals surface area contributed by atoms with Gasteiger partial charge in [0.15, 0.2) is 18.1 Å². The number of nitrogens with zero attached hydrogens (tertiary/aromatic N) is 2. The van der Waals surface area contributed by atoms with Crippen molar-refractivity contribution in [3.05, 3.63) is 30.1 Å². The molecule has 8 heteroatoms. The van der Waals surface area contributed by atoms with E-state index in [1.54, 1.807) is 24.4 Å². The van der Waals surface area contributed by atoms with Crippen molar-refractivity contribution in [3.63, 3.8) is 0 Å². The standard InChI is InChI=1S/C16H19N3O5/c1-10-5-6-17-16(18-10)24-9-14(20)19-11-7-12(21-2)15(23-4)13(8-11)22-3/h5-8H,9H2,1-4H3,(H,19,20). The Morgan fingerprint density at radius 2 is 1.79 bits per heavy atom. The smallest absolute Gasteiger partial charge is 0.317 e. The van der Waals surface area contributed by atoms with E-state index in [9.17, 15) is 4.79 Å². The van der Waals surface area contributed by atoms with Gasteiger partial charge in [0.05, 0.1) is 21.3 Å². The Hall–Kier alpha value is -3.03. The molecule has 0 saturated carbocycles. The number of hydrogen-bond acceptors (Lipinski definition) is 7. The molecule has 1 amide bonds. The molecule has 1 aromatic heterocycles. The van der Waals surface area contributed by atoms with Gasteiger partial charge in [-0.25, -0.2) is 9.97 Å². The van der Waals surface area contributed by atoms with E-state index < -0.39 is 0 Å². The number of aryl methyl sites for hydroxylation is 1. The van der Waals surface area contributed by atoms with Gasteiger partial charge < -0.3 is 24.3 Å². The third kappa shape index (κ3) is 4.25. The first kappa shape index (κ1) is 17.3. The lowest BCUT2D eigenvalue weighted by Gasteiger charge is -2.14. The average Bonchev–Trinajstić information content (AvgIpc) is 2.59. The summed E-state index contributed by atoms with van der Waals surface area (Å²) in [5.74, 6) is 0.960. The molecule has 0 radical (unpaired) electrons. The first-order valence-electron chi connectivity index (χ1n) is 7.09. The van der Waals surface area contributed by atoms with Crippen LogP contribution in [0.5, 0.6) is 23.3 Å². The van der Waals surface area contributed by atoms with Gasteiger partial charge in [-0.3, -0.25) is 4.79 Å². The number of benzene rings is 1. The highest BCUT2D eigenvalue weighted by Crippen LogP contribution is 2.39. The van der Waals surface area contributed by atoms with Crippen LogP contribution in [-0.4, -0.2) is 43.8 Å². The summed E-state index contributed by atoms with van der Waals surface area (Å²) in [7, 11) is 4.51. The van der Waals surface area contributed by atoms with Crippen molar-refractivity contribution in [2.45, 2.75) is 6.92 Å². The van der Waals surface area contributed by atoms with Crippen molar-refractivity contribution in [2.24, 2.45) is 0 Å². The fraction of sp³-hybridized carbons (Fsp3) is 0.312. The van der Waals surface area contributed by atoms with E-state index in [0.717, 1.165) is 5.69 Å². The summed E-state index contributed by atoms with van der Waals surface area (Å²) >= 11 is 0. The number of rotatable bonds is 7. The van der Waals surface area contributed by atoms with E-state index in [1.165, 1.54) is 21.3 Å². The van der Waals surface area contributed by atoms with Gasteiger partial charge in [0.25, 0.3) is 5.91 Å². The van der Waals surface area contributed by atoms with E-state index in [2.05, 4.69) is 15.3 Å². The highest BCUT2D eigenvalue weighted by atomic mass is 16.5. The normalized spacial score (nSPS) is 10.0. The molecule has 8 nitrogen and oxygen atoms in total. The number of amides is 1. The number of hydrogen-bond donors (Lipinski definition) is 1. The zero-order valence-electron chi connectivity index (χ0n) is 14.0. The maximum atomic E-state index is 12.0. The minimum atomic E-state index is -0.366. The molecule has 0 aliphatic rings. The van der Waals surface area contributed by atoms with E-state index in [1.807, 2.05) is 6.92 Å². The molecule has 2 aromatic rings. The van der Waals surface area contributed by atoms with Crippen molar-refractivity contribution >= 4 is 11.6 Å². The summed E-state index contributed by atoms with van der Waals surface area (Å²) < 4.78 is 21.0. The van der Waals surface area contributed by atoms with Gasteiger partial charge in [0.2, 0.25) is 5.75 Å².